The second-order valence-corrected chi connectivity index (χ2v) is 3.96. The molecule has 1 saturated heterocycles. The number of Topliss-reactive ketones (excluding diaryl/α,β-unsaturated/α-hetero) is 1. The molecule has 0 bridgehead atoms. The van der Waals surface area contributed by atoms with Crippen LogP contribution in [0.1, 0.15) is 17.7 Å². The first kappa shape index (κ1) is 10.3. The van der Waals surface area contributed by atoms with Gasteiger partial charge in [0.15, 0.2) is 0 Å². The number of aromatic nitrogens is 1. The number of pyridine rings is 1. The normalized spacial score (nSPS) is 21.7. The Bertz CT molecular complexity index is 362. The SMILES string of the molecule is Cc1cccnc1CC1COCCC1=O. The molecule has 1 aliphatic rings. The van der Waals surface area contributed by atoms with Crippen molar-refractivity contribution in [3.05, 3.63) is 29.6 Å². The molecule has 0 N–H and O–H groups in total. The number of rotatable bonds is 2. The predicted octanol–water partition coefficient (Wildman–Crippen LogP) is 1.54. The third kappa shape index (κ3) is 2.42. The van der Waals surface area contributed by atoms with E-state index < -0.39 is 0 Å². The van der Waals surface area contributed by atoms with Gasteiger partial charge in [-0.3, -0.25) is 9.78 Å². The maximum Gasteiger partial charge on any atom is 0.140 e. The second-order valence-electron chi connectivity index (χ2n) is 3.96. The van der Waals surface area contributed by atoms with Gasteiger partial charge in [0.05, 0.1) is 13.2 Å². The minimum atomic E-state index is 0.00681. The minimum absolute atomic E-state index is 0.00681. The summed E-state index contributed by atoms with van der Waals surface area (Å²) in [6.45, 7) is 3.15. The summed E-state index contributed by atoms with van der Waals surface area (Å²) < 4.78 is 5.32. The second kappa shape index (κ2) is 4.53. The number of carbonyl (C=O) groups is 1. The van der Waals surface area contributed by atoms with E-state index in [1.165, 1.54) is 0 Å². The predicted molar refractivity (Wildman–Crippen MR) is 56.6 cm³/mol. The fourth-order valence-corrected chi connectivity index (χ4v) is 1.83. The molecule has 0 saturated carbocycles. The highest BCUT2D eigenvalue weighted by Gasteiger charge is 2.23. The standard InChI is InChI=1S/C12H15NO2/c1-9-3-2-5-13-11(9)7-10-8-15-6-4-12(10)14/h2-3,5,10H,4,6-8H2,1H3. The van der Waals surface area contributed by atoms with E-state index in [-0.39, 0.29) is 5.92 Å². The largest absolute Gasteiger partial charge is 0.380 e. The van der Waals surface area contributed by atoms with Crippen LogP contribution in [0.25, 0.3) is 0 Å². The van der Waals surface area contributed by atoms with E-state index in [2.05, 4.69) is 4.98 Å². The zero-order valence-electron chi connectivity index (χ0n) is 8.90. The van der Waals surface area contributed by atoms with Gasteiger partial charge in [0.1, 0.15) is 5.78 Å². The van der Waals surface area contributed by atoms with Crippen molar-refractivity contribution in [3.63, 3.8) is 0 Å². The van der Waals surface area contributed by atoms with Crippen LogP contribution >= 0.6 is 0 Å². The molecule has 1 fully saturated rings. The molecule has 80 valence electrons. The van der Waals surface area contributed by atoms with E-state index >= 15 is 0 Å². The summed E-state index contributed by atoms with van der Waals surface area (Å²) in [4.78, 5) is 15.9. The molecule has 0 radical (unpaired) electrons. The van der Waals surface area contributed by atoms with Crippen molar-refractivity contribution >= 4 is 5.78 Å². The van der Waals surface area contributed by atoms with Crippen LogP contribution in [0, 0.1) is 12.8 Å². The monoisotopic (exact) mass is 205 g/mol. The number of aryl methyl sites for hydroxylation is 1. The summed E-state index contributed by atoms with van der Waals surface area (Å²) in [7, 11) is 0. The topological polar surface area (TPSA) is 39.2 Å². The smallest absolute Gasteiger partial charge is 0.140 e. The summed E-state index contributed by atoms with van der Waals surface area (Å²) >= 11 is 0. The van der Waals surface area contributed by atoms with Gasteiger partial charge in [-0.05, 0) is 18.6 Å². The molecule has 3 heteroatoms. The zero-order chi connectivity index (χ0) is 10.7. The number of carbonyl (C=O) groups excluding carboxylic acids is 1. The lowest BCUT2D eigenvalue weighted by molar-refractivity contribution is -0.130. The lowest BCUT2D eigenvalue weighted by atomic mass is 9.94. The van der Waals surface area contributed by atoms with Crippen LogP contribution in [0.15, 0.2) is 18.3 Å². The van der Waals surface area contributed by atoms with Gasteiger partial charge in [0.2, 0.25) is 0 Å². The average molecular weight is 205 g/mol. The Labute approximate surface area is 89.5 Å². The van der Waals surface area contributed by atoms with Crippen LogP contribution in [0.2, 0.25) is 0 Å². The van der Waals surface area contributed by atoms with Crippen molar-refractivity contribution in [1.29, 1.82) is 0 Å². The van der Waals surface area contributed by atoms with Crippen molar-refractivity contribution in [1.82, 2.24) is 4.98 Å². The molecule has 1 unspecified atom stereocenters. The molecule has 15 heavy (non-hydrogen) atoms. The van der Waals surface area contributed by atoms with Gasteiger partial charge >= 0.3 is 0 Å². The number of ether oxygens (including phenoxy) is 1. The number of hydrogen-bond acceptors (Lipinski definition) is 3. The van der Waals surface area contributed by atoms with E-state index in [1.807, 2.05) is 19.1 Å². The van der Waals surface area contributed by atoms with Gasteiger partial charge in [0.25, 0.3) is 0 Å². The number of nitrogens with zero attached hydrogens (tertiary/aromatic N) is 1. The Morgan fingerprint density at radius 3 is 3.20 bits per heavy atom. The highest BCUT2D eigenvalue weighted by molar-refractivity contribution is 5.82. The maximum atomic E-state index is 11.6. The van der Waals surface area contributed by atoms with Crippen LogP contribution in [-0.2, 0) is 16.0 Å². The van der Waals surface area contributed by atoms with Crippen molar-refractivity contribution in [2.24, 2.45) is 5.92 Å². The molecular formula is C12H15NO2. The molecule has 0 amide bonds. The Balaban J connectivity index is 2.08. The van der Waals surface area contributed by atoms with Gasteiger partial charge in [-0.15, -0.1) is 0 Å². The lowest BCUT2D eigenvalue weighted by Crippen LogP contribution is -2.29. The zero-order valence-corrected chi connectivity index (χ0v) is 8.90. The molecule has 2 heterocycles. The quantitative estimate of drug-likeness (QED) is 0.735. The fourth-order valence-electron chi connectivity index (χ4n) is 1.83. The van der Waals surface area contributed by atoms with E-state index in [9.17, 15) is 4.79 Å². The molecular weight excluding hydrogens is 190 g/mol. The van der Waals surface area contributed by atoms with E-state index in [0.29, 0.717) is 31.8 Å². The third-order valence-electron chi connectivity index (χ3n) is 2.82. The van der Waals surface area contributed by atoms with Gasteiger partial charge < -0.3 is 4.74 Å². The fraction of sp³-hybridized carbons (Fsp3) is 0.500. The molecule has 3 nitrogen and oxygen atoms in total. The molecule has 1 aromatic rings. The average Bonchev–Trinajstić information content (AvgIpc) is 2.24. The van der Waals surface area contributed by atoms with Crippen molar-refractivity contribution in [2.75, 3.05) is 13.2 Å². The summed E-state index contributed by atoms with van der Waals surface area (Å²) in [6, 6.07) is 3.94. The minimum Gasteiger partial charge on any atom is -0.380 e. The summed E-state index contributed by atoms with van der Waals surface area (Å²) in [5.41, 5.74) is 2.16. The first-order chi connectivity index (χ1) is 7.27. The number of hydrogen-bond donors (Lipinski definition) is 0. The molecule has 1 aromatic heterocycles. The molecule has 2 rings (SSSR count). The van der Waals surface area contributed by atoms with Crippen LogP contribution in [-0.4, -0.2) is 24.0 Å². The Hall–Kier alpha value is -1.22. The van der Waals surface area contributed by atoms with Crippen molar-refractivity contribution in [2.45, 2.75) is 19.8 Å². The summed E-state index contributed by atoms with van der Waals surface area (Å²) in [5.74, 6) is 0.318. The molecule has 0 aromatic carbocycles. The Morgan fingerprint density at radius 1 is 1.60 bits per heavy atom. The van der Waals surface area contributed by atoms with Gasteiger partial charge in [0, 0.05) is 30.7 Å². The molecule has 1 aliphatic heterocycles. The summed E-state index contributed by atoms with van der Waals surface area (Å²) in [6.07, 6.45) is 3.04. The highest BCUT2D eigenvalue weighted by atomic mass is 16.5. The summed E-state index contributed by atoms with van der Waals surface area (Å²) in [5, 5.41) is 0. The molecule has 0 aliphatic carbocycles. The van der Waals surface area contributed by atoms with Crippen molar-refractivity contribution in [3.8, 4) is 0 Å². The first-order valence-electron chi connectivity index (χ1n) is 5.28. The lowest BCUT2D eigenvalue weighted by Gasteiger charge is -2.20. The number of ketones is 1. The van der Waals surface area contributed by atoms with Gasteiger partial charge in [-0.25, -0.2) is 0 Å². The van der Waals surface area contributed by atoms with Crippen LogP contribution in [0.3, 0.4) is 0 Å². The van der Waals surface area contributed by atoms with E-state index in [1.54, 1.807) is 6.20 Å². The van der Waals surface area contributed by atoms with Crippen molar-refractivity contribution < 1.29 is 9.53 Å². The third-order valence-corrected chi connectivity index (χ3v) is 2.82. The maximum absolute atomic E-state index is 11.6. The van der Waals surface area contributed by atoms with E-state index in [0.717, 1.165) is 11.3 Å². The first-order valence-corrected chi connectivity index (χ1v) is 5.28. The Kier molecular flexibility index (Phi) is 3.11. The van der Waals surface area contributed by atoms with Gasteiger partial charge in [-0.1, -0.05) is 6.07 Å². The highest BCUT2D eigenvalue weighted by Crippen LogP contribution is 2.16. The van der Waals surface area contributed by atoms with E-state index in [4.69, 9.17) is 4.74 Å². The van der Waals surface area contributed by atoms with Gasteiger partial charge in [-0.2, -0.15) is 0 Å². The van der Waals surface area contributed by atoms with Crippen LogP contribution in [0.5, 0.6) is 0 Å². The molecule has 0 spiro atoms. The Morgan fingerprint density at radius 2 is 2.47 bits per heavy atom. The van der Waals surface area contributed by atoms with Crippen LogP contribution < -0.4 is 0 Å². The molecule has 1 atom stereocenters. The van der Waals surface area contributed by atoms with Crippen LogP contribution in [0.4, 0.5) is 0 Å².